The second-order valence-electron chi connectivity index (χ2n) is 2.92. The van der Waals surface area contributed by atoms with Gasteiger partial charge in [-0.05, 0) is 24.4 Å². The van der Waals surface area contributed by atoms with Gasteiger partial charge in [0.05, 0.1) is 12.8 Å². The van der Waals surface area contributed by atoms with Crippen LogP contribution in [0.1, 0.15) is 0 Å². The highest BCUT2D eigenvalue weighted by Gasteiger charge is 2.25. The summed E-state index contributed by atoms with van der Waals surface area (Å²) >= 11 is 4.76. The van der Waals surface area contributed by atoms with E-state index in [1.807, 2.05) is 0 Å². The zero-order valence-electron chi connectivity index (χ0n) is 7.77. The maximum Gasteiger partial charge on any atom is 0.265 e. The third kappa shape index (κ3) is 1.75. The summed E-state index contributed by atoms with van der Waals surface area (Å²) in [4.78, 5) is 0.135. The van der Waals surface area contributed by atoms with Gasteiger partial charge in [-0.1, -0.05) is 0 Å². The van der Waals surface area contributed by atoms with Crippen molar-refractivity contribution >= 4 is 33.0 Å². The summed E-state index contributed by atoms with van der Waals surface area (Å²) < 4.78 is 30.5. The van der Waals surface area contributed by atoms with Crippen LogP contribution < -0.4 is 14.8 Å². The molecule has 0 aliphatic carbocycles. The topological polar surface area (TPSA) is 67.4 Å². The fourth-order valence-corrected chi connectivity index (χ4v) is 2.80. The quantitative estimate of drug-likeness (QED) is 0.711. The summed E-state index contributed by atoms with van der Waals surface area (Å²) in [7, 11) is -2.08. The van der Waals surface area contributed by atoms with Crippen molar-refractivity contribution in [1.29, 1.82) is 0 Å². The van der Waals surface area contributed by atoms with Crippen molar-refractivity contribution in [3.63, 3.8) is 0 Å². The van der Waals surface area contributed by atoms with Crippen molar-refractivity contribution in [2.24, 2.45) is 0 Å². The number of methoxy groups -OCH3 is 1. The van der Waals surface area contributed by atoms with Gasteiger partial charge in [-0.15, -0.1) is 0 Å². The number of ether oxygens (including phenoxy) is 1. The predicted octanol–water partition coefficient (Wildman–Crippen LogP) is 0.684. The lowest BCUT2D eigenvalue weighted by Gasteiger charge is -2.20. The normalized spacial score (nSPS) is 17.3. The first-order chi connectivity index (χ1) is 7.03. The maximum atomic E-state index is 11.7. The van der Waals surface area contributed by atoms with Gasteiger partial charge in [0.15, 0.2) is 5.11 Å². The van der Waals surface area contributed by atoms with Gasteiger partial charge in [0.2, 0.25) is 0 Å². The molecule has 1 aliphatic rings. The van der Waals surface area contributed by atoms with Gasteiger partial charge in [0.1, 0.15) is 10.6 Å². The minimum atomic E-state index is -3.56. The Hall–Kier alpha value is -1.34. The van der Waals surface area contributed by atoms with Crippen molar-refractivity contribution in [1.82, 2.24) is 4.72 Å². The van der Waals surface area contributed by atoms with Crippen LogP contribution in [0.5, 0.6) is 5.75 Å². The largest absolute Gasteiger partial charge is 0.497 e. The lowest BCUT2D eigenvalue weighted by atomic mass is 10.3. The van der Waals surface area contributed by atoms with E-state index in [9.17, 15) is 8.42 Å². The summed E-state index contributed by atoms with van der Waals surface area (Å²) in [6, 6.07) is 4.71. The summed E-state index contributed by atoms with van der Waals surface area (Å²) in [5.74, 6) is 0.480. The lowest BCUT2D eigenvalue weighted by Crippen LogP contribution is -2.39. The lowest BCUT2D eigenvalue weighted by molar-refractivity contribution is 0.413. The van der Waals surface area contributed by atoms with Gasteiger partial charge in [-0.3, -0.25) is 4.72 Å². The minimum absolute atomic E-state index is 0.0765. The van der Waals surface area contributed by atoms with Crippen molar-refractivity contribution < 1.29 is 13.2 Å². The molecule has 0 aromatic heterocycles. The highest BCUT2D eigenvalue weighted by Crippen LogP contribution is 2.28. The zero-order chi connectivity index (χ0) is 11.1. The van der Waals surface area contributed by atoms with Crippen LogP contribution in [0.15, 0.2) is 23.1 Å². The second kappa shape index (κ2) is 3.35. The van der Waals surface area contributed by atoms with E-state index in [-0.39, 0.29) is 10.0 Å². The molecule has 1 aromatic rings. The van der Waals surface area contributed by atoms with Gasteiger partial charge < -0.3 is 10.1 Å². The van der Waals surface area contributed by atoms with Gasteiger partial charge in [-0.25, -0.2) is 8.42 Å². The monoisotopic (exact) mass is 244 g/mol. The maximum absolute atomic E-state index is 11.7. The molecule has 0 spiro atoms. The highest BCUT2D eigenvalue weighted by molar-refractivity contribution is 7.92. The molecule has 0 fully saturated rings. The van der Waals surface area contributed by atoms with Crippen LogP contribution in [-0.4, -0.2) is 20.6 Å². The van der Waals surface area contributed by atoms with E-state index in [2.05, 4.69) is 10.0 Å². The van der Waals surface area contributed by atoms with Gasteiger partial charge >= 0.3 is 0 Å². The first-order valence-electron chi connectivity index (χ1n) is 4.05. The fourth-order valence-electron chi connectivity index (χ4n) is 1.28. The number of fused-ring (bicyclic) bond motifs is 1. The molecule has 15 heavy (non-hydrogen) atoms. The molecule has 1 aliphatic heterocycles. The second-order valence-corrected chi connectivity index (χ2v) is 4.98. The molecule has 1 heterocycles. The van der Waals surface area contributed by atoms with E-state index < -0.39 is 10.0 Å². The Morgan fingerprint density at radius 3 is 2.80 bits per heavy atom. The number of anilines is 1. The minimum Gasteiger partial charge on any atom is -0.497 e. The van der Waals surface area contributed by atoms with E-state index in [0.717, 1.165) is 0 Å². The van der Waals surface area contributed by atoms with Crippen LogP contribution in [0.25, 0.3) is 0 Å². The molecule has 0 saturated carbocycles. The van der Waals surface area contributed by atoms with Crippen molar-refractivity contribution in [2.75, 3.05) is 12.4 Å². The molecule has 0 unspecified atom stereocenters. The molecule has 2 rings (SSSR count). The summed E-state index contributed by atoms with van der Waals surface area (Å²) in [5, 5.41) is 2.83. The number of sulfonamides is 1. The zero-order valence-corrected chi connectivity index (χ0v) is 9.41. The number of hydrogen-bond donors (Lipinski definition) is 2. The molecule has 0 atom stereocenters. The molecule has 5 nitrogen and oxygen atoms in total. The van der Waals surface area contributed by atoms with Gasteiger partial charge in [-0.2, -0.15) is 0 Å². The van der Waals surface area contributed by atoms with Gasteiger partial charge in [0, 0.05) is 6.07 Å². The van der Waals surface area contributed by atoms with E-state index >= 15 is 0 Å². The van der Waals surface area contributed by atoms with Crippen LogP contribution in [0.4, 0.5) is 5.69 Å². The van der Waals surface area contributed by atoms with E-state index in [1.165, 1.54) is 13.2 Å². The molecule has 0 radical (unpaired) electrons. The molecular weight excluding hydrogens is 236 g/mol. The van der Waals surface area contributed by atoms with Crippen molar-refractivity contribution in [3.05, 3.63) is 18.2 Å². The average molecular weight is 244 g/mol. The van der Waals surface area contributed by atoms with Crippen LogP contribution in [0, 0.1) is 0 Å². The van der Waals surface area contributed by atoms with E-state index in [0.29, 0.717) is 11.4 Å². The molecule has 2 N–H and O–H groups in total. The third-order valence-corrected chi connectivity index (χ3v) is 3.68. The number of rotatable bonds is 1. The molecule has 0 amide bonds. The van der Waals surface area contributed by atoms with E-state index in [4.69, 9.17) is 17.0 Å². The van der Waals surface area contributed by atoms with Crippen LogP contribution in [-0.2, 0) is 10.0 Å². The third-order valence-electron chi connectivity index (χ3n) is 1.95. The first kappa shape index (κ1) is 10.2. The summed E-state index contributed by atoms with van der Waals surface area (Å²) in [6.07, 6.45) is 0. The molecule has 7 heteroatoms. The number of nitrogens with one attached hydrogen (secondary N) is 2. The SMILES string of the molecule is COc1ccc2c(c1)S(=O)(=O)NC(=S)N2. The first-order valence-corrected chi connectivity index (χ1v) is 5.94. The molecule has 0 bridgehead atoms. The van der Waals surface area contributed by atoms with Crippen molar-refractivity contribution in [3.8, 4) is 5.75 Å². The standard InChI is InChI=1S/C8H8N2O3S2/c1-13-5-2-3-6-7(4-5)15(11,12)10-8(14)9-6/h2-4H,1H3,(H2,9,10,14). The van der Waals surface area contributed by atoms with Crippen LogP contribution in [0.2, 0.25) is 0 Å². The Labute approximate surface area is 92.5 Å². The Bertz CT molecular complexity index is 525. The highest BCUT2D eigenvalue weighted by atomic mass is 32.2. The Kier molecular flexibility index (Phi) is 2.28. The average Bonchev–Trinajstić information content (AvgIpc) is 2.16. The van der Waals surface area contributed by atoms with E-state index in [1.54, 1.807) is 12.1 Å². The predicted molar refractivity (Wildman–Crippen MR) is 59.5 cm³/mol. The van der Waals surface area contributed by atoms with Crippen LogP contribution >= 0.6 is 12.2 Å². The Morgan fingerprint density at radius 2 is 2.13 bits per heavy atom. The fraction of sp³-hybridized carbons (Fsp3) is 0.125. The molecular formula is C8H8N2O3S2. The van der Waals surface area contributed by atoms with Crippen molar-refractivity contribution in [2.45, 2.75) is 4.90 Å². The number of hydrogen-bond acceptors (Lipinski definition) is 4. The smallest absolute Gasteiger partial charge is 0.265 e. The van der Waals surface area contributed by atoms with Gasteiger partial charge in [0.25, 0.3) is 10.0 Å². The summed E-state index contributed by atoms with van der Waals surface area (Å²) in [6.45, 7) is 0. The molecule has 80 valence electrons. The number of thiocarbonyl (C=S) groups is 1. The molecule has 1 aromatic carbocycles. The Balaban J connectivity index is 2.64. The van der Waals surface area contributed by atoms with Crippen LogP contribution in [0.3, 0.4) is 0 Å². The number of benzene rings is 1. The summed E-state index contributed by atoms with van der Waals surface area (Å²) in [5.41, 5.74) is 0.458. The molecule has 0 saturated heterocycles. The Morgan fingerprint density at radius 1 is 1.40 bits per heavy atom.